The molecule has 1 fully saturated rings. The molecule has 2 aromatic heterocycles. The van der Waals surface area contributed by atoms with E-state index in [1.54, 1.807) is 10.9 Å². The molecule has 4 rings (SSSR count). The highest BCUT2D eigenvalue weighted by Gasteiger charge is 2.33. The van der Waals surface area contributed by atoms with E-state index in [-0.39, 0.29) is 11.9 Å². The zero-order valence-electron chi connectivity index (χ0n) is 17.7. The summed E-state index contributed by atoms with van der Waals surface area (Å²) >= 11 is 0. The quantitative estimate of drug-likeness (QED) is 0.703. The molecule has 1 saturated heterocycles. The number of aromatic nitrogens is 4. The van der Waals surface area contributed by atoms with Gasteiger partial charge in [0.2, 0.25) is 0 Å². The van der Waals surface area contributed by atoms with Gasteiger partial charge in [-0.3, -0.25) is 4.79 Å². The molecule has 2 unspecified atom stereocenters. The lowest BCUT2D eigenvalue weighted by Crippen LogP contribution is -2.51. The summed E-state index contributed by atoms with van der Waals surface area (Å²) in [6, 6.07) is 11.8. The molecule has 0 aliphatic carbocycles. The lowest BCUT2D eigenvalue weighted by Gasteiger charge is -2.40. The van der Waals surface area contributed by atoms with Crippen LogP contribution in [0.15, 0.2) is 48.8 Å². The third-order valence-electron chi connectivity index (χ3n) is 5.80. The molecule has 3 aromatic rings. The molecule has 1 aromatic carbocycles. The fraction of sp³-hybridized carbons (Fsp3) is 0.391. The molecular weight excluding hydrogens is 376 g/mol. The number of nitrogens with one attached hydrogen (secondary N) is 1. The van der Waals surface area contributed by atoms with E-state index in [2.05, 4.69) is 27.5 Å². The van der Waals surface area contributed by atoms with Crippen molar-refractivity contribution in [2.45, 2.75) is 39.7 Å². The molecule has 1 aliphatic heterocycles. The van der Waals surface area contributed by atoms with E-state index in [1.165, 1.54) is 0 Å². The number of rotatable bonds is 5. The average Bonchev–Trinajstić information content (AvgIpc) is 3.28. The largest absolute Gasteiger partial charge is 0.367 e. The van der Waals surface area contributed by atoms with Crippen molar-refractivity contribution in [1.82, 2.24) is 24.9 Å². The first-order valence-corrected chi connectivity index (χ1v) is 10.5. The minimum absolute atomic E-state index is 0.0533. The van der Waals surface area contributed by atoms with Crippen LogP contribution < -0.4 is 5.32 Å². The van der Waals surface area contributed by atoms with Gasteiger partial charge in [-0.05, 0) is 62.9 Å². The van der Waals surface area contributed by atoms with E-state index < -0.39 is 0 Å². The van der Waals surface area contributed by atoms with Crippen LogP contribution in [0.1, 0.15) is 41.4 Å². The summed E-state index contributed by atoms with van der Waals surface area (Å²) in [5, 5.41) is 16.0. The molecule has 1 N–H and O–H groups in total. The smallest absolute Gasteiger partial charge is 0.256 e. The van der Waals surface area contributed by atoms with Gasteiger partial charge in [0.05, 0.1) is 23.0 Å². The predicted octanol–water partition coefficient (Wildman–Crippen LogP) is 3.63. The van der Waals surface area contributed by atoms with Crippen LogP contribution in [0.5, 0.6) is 0 Å². The number of nitrogens with zero attached hydrogens (tertiary/aromatic N) is 5. The van der Waals surface area contributed by atoms with Gasteiger partial charge in [-0.2, -0.15) is 10.2 Å². The Morgan fingerprint density at radius 2 is 2.07 bits per heavy atom. The topological polar surface area (TPSA) is 75.9 Å². The summed E-state index contributed by atoms with van der Waals surface area (Å²) < 4.78 is 1.76. The zero-order chi connectivity index (χ0) is 21.1. The third-order valence-corrected chi connectivity index (χ3v) is 5.80. The maximum atomic E-state index is 13.7. The van der Waals surface area contributed by atoms with Crippen molar-refractivity contribution in [1.29, 1.82) is 0 Å². The molecule has 1 amide bonds. The fourth-order valence-corrected chi connectivity index (χ4v) is 4.10. The molecule has 2 atom stereocenters. The Kier molecular flexibility index (Phi) is 5.79. The zero-order valence-corrected chi connectivity index (χ0v) is 17.7. The van der Waals surface area contributed by atoms with Gasteiger partial charge in [0.1, 0.15) is 5.82 Å². The van der Waals surface area contributed by atoms with E-state index in [0.717, 1.165) is 42.1 Å². The number of hydrogen-bond donors (Lipinski definition) is 1. The third kappa shape index (κ3) is 4.20. The maximum absolute atomic E-state index is 13.7. The first-order chi connectivity index (χ1) is 14.5. The molecule has 30 heavy (non-hydrogen) atoms. The first kappa shape index (κ1) is 20.1. The Labute approximate surface area is 177 Å². The number of amides is 1. The van der Waals surface area contributed by atoms with E-state index >= 15 is 0 Å². The van der Waals surface area contributed by atoms with E-state index in [0.29, 0.717) is 18.0 Å². The van der Waals surface area contributed by atoms with Gasteiger partial charge in [0.15, 0.2) is 0 Å². The van der Waals surface area contributed by atoms with Crippen LogP contribution in [0.2, 0.25) is 0 Å². The van der Waals surface area contributed by atoms with Crippen molar-refractivity contribution < 1.29 is 4.79 Å². The van der Waals surface area contributed by atoms with E-state index in [4.69, 9.17) is 0 Å². The number of hydrogen-bond acceptors (Lipinski definition) is 5. The van der Waals surface area contributed by atoms with Crippen LogP contribution >= 0.6 is 0 Å². The number of benzene rings is 1. The van der Waals surface area contributed by atoms with Gasteiger partial charge in [-0.15, -0.1) is 5.10 Å². The SMILES string of the molecule is Cc1ccc(-n2cccn2)c(C(=O)N2CCCC(C)C2CNc2ccc(C)nn2)c1. The Morgan fingerprint density at radius 1 is 1.20 bits per heavy atom. The molecule has 7 nitrogen and oxygen atoms in total. The molecule has 0 bridgehead atoms. The normalized spacial score (nSPS) is 19.0. The van der Waals surface area contributed by atoms with Gasteiger partial charge in [-0.25, -0.2) is 4.68 Å². The first-order valence-electron chi connectivity index (χ1n) is 10.5. The van der Waals surface area contributed by atoms with Crippen LogP contribution in [0.4, 0.5) is 5.82 Å². The Balaban J connectivity index is 1.60. The molecule has 0 radical (unpaired) electrons. The van der Waals surface area contributed by atoms with Gasteiger partial charge in [0.25, 0.3) is 5.91 Å². The van der Waals surface area contributed by atoms with E-state index in [1.807, 2.05) is 61.3 Å². The van der Waals surface area contributed by atoms with Crippen LogP contribution in [0, 0.1) is 19.8 Å². The number of carbonyl (C=O) groups is 1. The van der Waals surface area contributed by atoms with Crippen molar-refractivity contribution in [2.24, 2.45) is 5.92 Å². The predicted molar refractivity (Wildman–Crippen MR) is 117 cm³/mol. The molecular formula is C23H28N6O. The number of carbonyl (C=O) groups excluding carboxylic acids is 1. The van der Waals surface area contributed by atoms with Crippen molar-refractivity contribution in [2.75, 3.05) is 18.4 Å². The number of anilines is 1. The highest BCUT2D eigenvalue weighted by Crippen LogP contribution is 2.27. The average molecular weight is 405 g/mol. The summed E-state index contributed by atoms with van der Waals surface area (Å²) in [5.41, 5.74) is 3.44. The van der Waals surface area contributed by atoms with Crippen LogP contribution in [-0.2, 0) is 0 Å². The minimum atomic E-state index is 0.0533. The molecule has 0 saturated carbocycles. The molecule has 3 heterocycles. The van der Waals surface area contributed by atoms with Gasteiger partial charge >= 0.3 is 0 Å². The van der Waals surface area contributed by atoms with Crippen molar-refractivity contribution >= 4 is 11.7 Å². The molecule has 0 spiro atoms. The van der Waals surface area contributed by atoms with Crippen LogP contribution in [-0.4, -0.2) is 49.9 Å². The second-order valence-corrected chi connectivity index (χ2v) is 8.10. The van der Waals surface area contributed by atoms with Crippen molar-refractivity contribution in [3.63, 3.8) is 0 Å². The number of piperidine rings is 1. The summed E-state index contributed by atoms with van der Waals surface area (Å²) in [6.45, 7) is 7.55. The van der Waals surface area contributed by atoms with Gasteiger partial charge in [-0.1, -0.05) is 18.6 Å². The maximum Gasteiger partial charge on any atom is 0.256 e. The Hall–Kier alpha value is -3.22. The second kappa shape index (κ2) is 8.65. The highest BCUT2D eigenvalue weighted by atomic mass is 16.2. The van der Waals surface area contributed by atoms with Crippen LogP contribution in [0.3, 0.4) is 0 Å². The molecule has 156 valence electrons. The van der Waals surface area contributed by atoms with Crippen LogP contribution in [0.25, 0.3) is 5.69 Å². The number of likely N-dealkylation sites (tertiary alicyclic amines) is 1. The standard InChI is InChI=1S/C23H28N6O/c1-16-7-9-20(29-13-5-11-25-29)19(14-16)23(30)28-12-4-6-17(2)21(28)15-24-22-10-8-18(3)26-27-22/h5,7-11,13-14,17,21H,4,6,12,15H2,1-3H3,(H,24,27). The van der Waals surface area contributed by atoms with Gasteiger partial charge < -0.3 is 10.2 Å². The second-order valence-electron chi connectivity index (χ2n) is 8.10. The van der Waals surface area contributed by atoms with Crippen molar-refractivity contribution in [3.8, 4) is 5.69 Å². The lowest BCUT2D eigenvalue weighted by molar-refractivity contribution is 0.0540. The minimum Gasteiger partial charge on any atom is -0.367 e. The molecule has 7 heteroatoms. The molecule has 1 aliphatic rings. The summed E-state index contributed by atoms with van der Waals surface area (Å²) in [6.07, 6.45) is 5.72. The Bertz CT molecular complexity index is 999. The monoisotopic (exact) mass is 404 g/mol. The Morgan fingerprint density at radius 3 is 2.80 bits per heavy atom. The summed E-state index contributed by atoms with van der Waals surface area (Å²) in [5.74, 6) is 1.18. The summed E-state index contributed by atoms with van der Waals surface area (Å²) in [7, 11) is 0. The van der Waals surface area contributed by atoms with E-state index in [9.17, 15) is 4.79 Å². The lowest BCUT2D eigenvalue weighted by atomic mass is 9.89. The highest BCUT2D eigenvalue weighted by molar-refractivity contribution is 5.98. The van der Waals surface area contributed by atoms with Crippen molar-refractivity contribution in [3.05, 3.63) is 65.6 Å². The fourth-order valence-electron chi connectivity index (χ4n) is 4.10. The number of aryl methyl sites for hydroxylation is 2. The summed E-state index contributed by atoms with van der Waals surface area (Å²) in [4.78, 5) is 15.7. The van der Waals surface area contributed by atoms with Gasteiger partial charge in [0, 0.05) is 25.5 Å².